The zero-order chi connectivity index (χ0) is 19.2. The van der Waals surface area contributed by atoms with Gasteiger partial charge in [-0.05, 0) is 54.1 Å². The minimum atomic E-state index is -0.897. The second-order valence-corrected chi connectivity index (χ2v) is 6.02. The van der Waals surface area contributed by atoms with Crippen LogP contribution in [0.4, 0.5) is 0 Å². The molecule has 0 aliphatic heterocycles. The molecule has 3 rings (SSSR count). The third-order valence-corrected chi connectivity index (χ3v) is 4.13. The summed E-state index contributed by atoms with van der Waals surface area (Å²) in [4.78, 5) is 24.3. The molecule has 3 aromatic carbocycles. The van der Waals surface area contributed by atoms with E-state index in [0.29, 0.717) is 17.1 Å². The monoisotopic (exact) mass is 364 g/mol. The van der Waals surface area contributed by atoms with E-state index in [4.69, 9.17) is 14.2 Å². The fourth-order valence-electron chi connectivity index (χ4n) is 2.67. The molecule has 5 nitrogen and oxygen atoms in total. The van der Waals surface area contributed by atoms with E-state index in [1.165, 1.54) is 0 Å². The van der Waals surface area contributed by atoms with Gasteiger partial charge in [-0.2, -0.15) is 0 Å². The molecule has 27 heavy (non-hydrogen) atoms. The average molecular weight is 364 g/mol. The number of rotatable bonds is 7. The van der Waals surface area contributed by atoms with Crippen molar-refractivity contribution in [1.29, 1.82) is 0 Å². The van der Waals surface area contributed by atoms with Crippen LogP contribution in [0.1, 0.15) is 17.3 Å². The predicted molar refractivity (Wildman–Crippen MR) is 102 cm³/mol. The fourth-order valence-corrected chi connectivity index (χ4v) is 2.67. The van der Waals surface area contributed by atoms with Gasteiger partial charge in [0.25, 0.3) is 0 Å². The van der Waals surface area contributed by atoms with Crippen molar-refractivity contribution >= 4 is 22.5 Å². The van der Waals surface area contributed by atoms with E-state index >= 15 is 0 Å². The molecule has 3 aromatic rings. The average Bonchev–Trinajstić information content (AvgIpc) is 2.71. The Bertz CT molecular complexity index is 946. The summed E-state index contributed by atoms with van der Waals surface area (Å²) in [6.45, 7) is 1.28. The Morgan fingerprint density at radius 2 is 1.56 bits per heavy atom. The van der Waals surface area contributed by atoms with Gasteiger partial charge in [-0.15, -0.1) is 0 Å². The van der Waals surface area contributed by atoms with Gasteiger partial charge in [0.1, 0.15) is 11.5 Å². The Morgan fingerprint density at radius 3 is 2.26 bits per heavy atom. The van der Waals surface area contributed by atoms with Crippen LogP contribution in [0, 0.1) is 0 Å². The second-order valence-electron chi connectivity index (χ2n) is 6.02. The molecule has 0 unspecified atom stereocenters. The highest BCUT2D eigenvalue weighted by molar-refractivity contribution is 6.00. The molecule has 0 aliphatic rings. The molecule has 1 atom stereocenters. The fraction of sp³-hybridized carbons (Fsp3) is 0.182. The highest BCUT2D eigenvalue weighted by Crippen LogP contribution is 2.20. The van der Waals surface area contributed by atoms with E-state index < -0.39 is 12.1 Å². The SMILES string of the molecule is COc1ccc(C(=O)[C@H](C)OC(=O)COc2ccc3ccccc3c2)cc1. The molecule has 0 bridgehead atoms. The number of hydrogen-bond acceptors (Lipinski definition) is 5. The van der Waals surface area contributed by atoms with Gasteiger partial charge in [0.15, 0.2) is 12.7 Å². The van der Waals surface area contributed by atoms with Crippen LogP contribution in [0.25, 0.3) is 10.8 Å². The lowest BCUT2D eigenvalue weighted by Gasteiger charge is -2.13. The van der Waals surface area contributed by atoms with Crippen LogP contribution in [0.2, 0.25) is 0 Å². The van der Waals surface area contributed by atoms with Crippen molar-refractivity contribution in [2.24, 2.45) is 0 Å². The first-order valence-electron chi connectivity index (χ1n) is 8.56. The standard InChI is InChI=1S/C22H20O5/c1-15(22(24)17-8-10-19(25-2)11-9-17)27-21(23)14-26-20-12-7-16-5-3-4-6-18(16)13-20/h3-13,15H,14H2,1-2H3/t15-/m0/s1. The van der Waals surface area contributed by atoms with E-state index in [2.05, 4.69) is 0 Å². The van der Waals surface area contributed by atoms with E-state index in [1.807, 2.05) is 36.4 Å². The zero-order valence-corrected chi connectivity index (χ0v) is 15.2. The quantitative estimate of drug-likeness (QED) is 0.468. The molecule has 0 spiro atoms. The second kappa shape index (κ2) is 8.36. The van der Waals surface area contributed by atoms with Crippen LogP contribution in [-0.4, -0.2) is 31.6 Å². The highest BCUT2D eigenvalue weighted by atomic mass is 16.6. The summed E-state index contributed by atoms with van der Waals surface area (Å²) in [5.74, 6) is 0.342. The van der Waals surface area contributed by atoms with Crippen molar-refractivity contribution < 1.29 is 23.8 Å². The van der Waals surface area contributed by atoms with Gasteiger partial charge in [0, 0.05) is 5.56 Å². The van der Waals surface area contributed by atoms with Crippen LogP contribution in [0.15, 0.2) is 66.7 Å². The summed E-state index contributed by atoms with van der Waals surface area (Å²) in [7, 11) is 1.55. The largest absolute Gasteiger partial charge is 0.497 e. The van der Waals surface area contributed by atoms with Crippen LogP contribution in [-0.2, 0) is 9.53 Å². The summed E-state index contributed by atoms with van der Waals surface area (Å²) in [5.41, 5.74) is 0.451. The first-order valence-corrected chi connectivity index (χ1v) is 8.56. The van der Waals surface area contributed by atoms with Gasteiger partial charge in [0.05, 0.1) is 7.11 Å². The number of Topliss-reactive ketones (excluding diaryl/α,β-unsaturated/α-hetero) is 1. The molecule has 0 saturated heterocycles. The molecule has 0 saturated carbocycles. The summed E-state index contributed by atoms with van der Waals surface area (Å²) in [5, 5.41) is 2.11. The molecular weight excluding hydrogens is 344 g/mol. The minimum absolute atomic E-state index is 0.265. The first-order chi connectivity index (χ1) is 13.1. The summed E-state index contributed by atoms with van der Waals surface area (Å²) >= 11 is 0. The van der Waals surface area contributed by atoms with Gasteiger partial charge in [-0.1, -0.05) is 30.3 Å². The molecule has 5 heteroatoms. The molecule has 0 amide bonds. The van der Waals surface area contributed by atoms with Crippen molar-refractivity contribution in [3.63, 3.8) is 0 Å². The van der Waals surface area contributed by atoms with Crippen LogP contribution < -0.4 is 9.47 Å². The molecule has 138 valence electrons. The lowest BCUT2D eigenvalue weighted by atomic mass is 10.1. The molecule has 0 fully saturated rings. The van der Waals surface area contributed by atoms with E-state index in [1.54, 1.807) is 44.4 Å². The summed E-state index contributed by atoms with van der Waals surface area (Å²) in [6.07, 6.45) is -0.897. The number of methoxy groups -OCH3 is 1. The van der Waals surface area contributed by atoms with Gasteiger partial charge in [-0.3, -0.25) is 4.79 Å². The minimum Gasteiger partial charge on any atom is -0.497 e. The number of fused-ring (bicyclic) bond motifs is 1. The van der Waals surface area contributed by atoms with E-state index in [0.717, 1.165) is 10.8 Å². The number of carbonyl (C=O) groups excluding carboxylic acids is 2. The van der Waals surface area contributed by atoms with Gasteiger partial charge < -0.3 is 14.2 Å². The smallest absolute Gasteiger partial charge is 0.344 e. The molecular formula is C22H20O5. The number of carbonyl (C=O) groups is 2. The van der Waals surface area contributed by atoms with Gasteiger partial charge >= 0.3 is 5.97 Å². The van der Waals surface area contributed by atoms with Crippen molar-refractivity contribution in [2.45, 2.75) is 13.0 Å². The third kappa shape index (κ3) is 4.64. The van der Waals surface area contributed by atoms with Crippen molar-refractivity contribution in [3.05, 3.63) is 72.3 Å². The predicted octanol–water partition coefficient (Wildman–Crippen LogP) is 4.04. The maximum absolute atomic E-state index is 12.3. The van der Waals surface area contributed by atoms with Crippen molar-refractivity contribution in [3.8, 4) is 11.5 Å². The topological polar surface area (TPSA) is 61.8 Å². The van der Waals surface area contributed by atoms with Crippen LogP contribution in [0.5, 0.6) is 11.5 Å². The van der Waals surface area contributed by atoms with Crippen molar-refractivity contribution in [2.75, 3.05) is 13.7 Å². The molecule has 0 radical (unpaired) electrons. The molecule has 0 heterocycles. The first kappa shape index (κ1) is 18.5. The maximum atomic E-state index is 12.3. The van der Waals surface area contributed by atoms with Gasteiger partial charge in [-0.25, -0.2) is 4.79 Å². The van der Waals surface area contributed by atoms with Crippen LogP contribution >= 0.6 is 0 Å². The van der Waals surface area contributed by atoms with Gasteiger partial charge in [0.2, 0.25) is 5.78 Å². The zero-order valence-electron chi connectivity index (χ0n) is 15.2. The van der Waals surface area contributed by atoms with E-state index in [9.17, 15) is 9.59 Å². The highest BCUT2D eigenvalue weighted by Gasteiger charge is 2.20. The Labute approximate surface area is 157 Å². The summed E-state index contributed by atoms with van der Waals surface area (Å²) in [6, 6.07) is 20.1. The Hall–Kier alpha value is -3.34. The molecule has 0 N–H and O–H groups in total. The summed E-state index contributed by atoms with van der Waals surface area (Å²) < 4.78 is 15.7. The molecule has 0 aromatic heterocycles. The Morgan fingerprint density at radius 1 is 0.889 bits per heavy atom. The Kier molecular flexibility index (Phi) is 5.71. The normalized spacial score (nSPS) is 11.6. The number of hydrogen-bond donors (Lipinski definition) is 0. The molecule has 0 aliphatic carbocycles. The third-order valence-electron chi connectivity index (χ3n) is 4.13. The lowest BCUT2D eigenvalue weighted by Crippen LogP contribution is -2.27. The number of ether oxygens (including phenoxy) is 3. The van der Waals surface area contributed by atoms with Crippen molar-refractivity contribution in [1.82, 2.24) is 0 Å². The number of esters is 1. The van der Waals surface area contributed by atoms with E-state index in [-0.39, 0.29) is 12.4 Å². The lowest BCUT2D eigenvalue weighted by molar-refractivity contribution is -0.148. The Balaban J connectivity index is 1.55. The maximum Gasteiger partial charge on any atom is 0.344 e. The number of benzene rings is 3. The number of ketones is 1. The van der Waals surface area contributed by atoms with Crippen LogP contribution in [0.3, 0.4) is 0 Å².